The molecule has 19 heavy (non-hydrogen) atoms. The summed E-state index contributed by atoms with van der Waals surface area (Å²) < 4.78 is 0. The predicted octanol–water partition coefficient (Wildman–Crippen LogP) is 3.25. The first-order chi connectivity index (χ1) is 9.24. The van der Waals surface area contributed by atoms with Crippen molar-refractivity contribution in [2.24, 2.45) is 0 Å². The minimum Gasteiger partial charge on any atom is -0.316 e. The first kappa shape index (κ1) is 12.9. The van der Waals surface area contributed by atoms with Gasteiger partial charge in [0, 0.05) is 18.0 Å². The van der Waals surface area contributed by atoms with Gasteiger partial charge in [-0.25, -0.2) is 4.98 Å². The lowest BCUT2D eigenvalue weighted by atomic mass is 9.99. The van der Waals surface area contributed by atoms with Crippen LogP contribution in [0.15, 0.2) is 18.2 Å². The summed E-state index contributed by atoms with van der Waals surface area (Å²) in [6.45, 7) is 2.04. The van der Waals surface area contributed by atoms with Crippen molar-refractivity contribution in [1.29, 1.82) is 0 Å². The van der Waals surface area contributed by atoms with Crippen LogP contribution in [-0.4, -0.2) is 28.3 Å². The highest BCUT2D eigenvalue weighted by Gasteiger charge is 2.19. The molecule has 1 aromatic carbocycles. The van der Waals surface area contributed by atoms with E-state index in [4.69, 9.17) is 23.2 Å². The van der Waals surface area contributed by atoms with Gasteiger partial charge in [0.05, 0.1) is 10.0 Å². The second-order valence-corrected chi connectivity index (χ2v) is 5.53. The van der Waals surface area contributed by atoms with Gasteiger partial charge in [-0.1, -0.05) is 23.2 Å². The highest BCUT2D eigenvalue weighted by atomic mass is 35.5. The Kier molecular flexibility index (Phi) is 3.73. The average Bonchev–Trinajstić information content (AvgIpc) is 2.93. The monoisotopic (exact) mass is 296 g/mol. The second-order valence-electron chi connectivity index (χ2n) is 4.72. The van der Waals surface area contributed by atoms with E-state index in [2.05, 4.69) is 20.5 Å². The summed E-state index contributed by atoms with van der Waals surface area (Å²) in [5.74, 6) is 2.02. The molecular weight excluding hydrogens is 283 g/mol. The normalized spacial score (nSPS) is 19.6. The summed E-state index contributed by atoms with van der Waals surface area (Å²) in [6.07, 6.45) is 2.32. The molecule has 1 saturated heterocycles. The Morgan fingerprint density at radius 2 is 2.11 bits per heavy atom. The molecule has 0 amide bonds. The molecule has 2 heterocycles. The number of benzene rings is 1. The first-order valence-electron chi connectivity index (χ1n) is 6.32. The molecule has 3 rings (SSSR count). The van der Waals surface area contributed by atoms with Crippen LogP contribution >= 0.6 is 23.2 Å². The van der Waals surface area contributed by atoms with Crippen LogP contribution in [0.4, 0.5) is 0 Å². The number of nitrogens with one attached hydrogen (secondary N) is 2. The van der Waals surface area contributed by atoms with Crippen molar-refractivity contribution in [1.82, 2.24) is 20.5 Å². The third kappa shape index (κ3) is 2.76. The third-order valence-electron chi connectivity index (χ3n) is 3.36. The highest BCUT2D eigenvalue weighted by molar-refractivity contribution is 6.42. The molecule has 2 N–H and O–H groups in total. The number of piperidine rings is 1. The van der Waals surface area contributed by atoms with E-state index in [1.54, 1.807) is 12.1 Å². The number of hydrogen-bond acceptors (Lipinski definition) is 3. The fraction of sp³-hybridized carbons (Fsp3) is 0.385. The van der Waals surface area contributed by atoms with E-state index in [-0.39, 0.29) is 0 Å². The fourth-order valence-electron chi connectivity index (χ4n) is 2.31. The van der Waals surface area contributed by atoms with E-state index in [0.717, 1.165) is 30.9 Å². The van der Waals surface area contributed by atoms with Crippen LogP contribution in [0.5, 0.6) is 0 Å². The molecule has 0 radical (unpaired) electrons. The highest BCUT2D eigenvalue weighted by Crippen LogP contribution is 2.28. The fourth-order valence-corrected chi connectivity index (χ4v) is 2.60. The first-order valence-corrected chi connectivity index (χ1v) is 7.08. The topological polar surface area (TPSA) is 53.6 Å². The quantitative estimate of drug-likeness (QED) is 0.894. The van der Waals surface area contributed by atoms with Crippen LogP contribution in [0.2, 0.25) is 10.0 Å². The van der Waals surface area contributed by atoms with Crippen LogP contribution < -0.4 is 5.32 Å². The average molecular weight is 297 g/mol. The molecule has 0 spiro atoms. The smallest absolute Gasteiger partial charge is 0.181 e. The molecule has 100 valence electrons. The molecular formula is C13H14Cl2N4. The number of nitrogens with zero attached hydrogens (tertiary/aromatic N) is 2. The van der Waals surface area contributed by atoms with Crippen LogP contribution in [0, 0.1) is 0 Å². The molecule has 1 aliphatic rings. The van der Waals surface area contributed by atoms with E-state index in [1.807, 2.05) is 6.07 Å². The summed E-state index contributed by atoms with van der Waals surface area (Å²) in [5.41, 5.74) is 0.876. The number of H-pyrrole nitrogens is 1. The summed E-state index contributed by atoms with van der Waals surface area (Å²) in [7, 11) is 0. The molecule has 1 unspecified atom stereocenters. The summed E-state index contributed by atoms with van der Waals surface area (Å²) in [5, 5.41) is 11.7. The molecule has 1 fully saturated rings. The van der Waals surface area contributed by atoms with E-state index >= 15 is 0 Å². The molecule has 6 heteroatoms. The second kappa shape index (κ2) is 5.49. The van der Waals surface area contributed by atoms with Crippen molar-refractivity contribution in [3.63, 3.8) is 0 Å². The largest absolute Gasteiger partial charge is 0.316 e. The van der Waals surface area contributed by atoms with E-state index in [9.17, 15) is 0 Å². The van der Waals surface area contributed by atoms with Gasteiger partial charge in [0.25, 0.3) is 0 Å². The lowest BCUT2D eigenvalue weighted by Crippen LogP contribution is -2.28. The van der Waals surface area contributed by atoms with Gasteiger partial charge in [-0.15, -0.1) is 0 Å². The zero-order valence-corrected chi connectivity index (χ0v) is 11.8. The Balaban J connectivity index is 1.85. The number of halogens is 2. The molecule has 2 aromatic rings. The van der Waals surface area contributed by atoms with Gasteiger partial charge in [0.15, 0.2) is 5.82 Å². The lowest BCUT2D eigenvalue weighted by Gasteiger charge is -2.20. The van der Waals surface area contributed by atoms with E-state index in [0.29, 0.717) is 21.8 Å². The minimum absolute atomic E-state index is 0.415. The maximum absolute atomic E-state index is 6.01. The van der Waals surface area contributed by atoms with Gasteiger partial charge in [0.1, 0.15) is 5.82 Å². The van der Waals surface area contributed by atoms with Crippen LogP contribution in [0.1, 0.15) is 24.6 Å². The lowest BCUT2D eigenvalue weighted by molar-refractivity contribution is 0.447. The van der Waals surface area contributed by atoms with Crippen molar-refractivity contribution in [2.75, 3.05) is 13.1 Å². The zero-order chi connectivity index (χ0) is 13.2. The maximum atomic E-state index is 6.01. The van der Waals surface area contributed by atoms with Crippen LogP contribution in [0.25, 0.3) is 11.4 Å². The minimum atomic E-state index is 0.415. The molecule has 1 aromatic heterocycles. The molecule has 1 atom stereocenters. The Bertz CT molecular complexity index is 576. The van der Waals surface area contributed by atoms with Crippen molar-refractivity contribution in [3.05, 3.63) is 34.1 Å². The van der Waals surface area contributed by atoms with E-state index in [1.165, 1.54) is 6.42 Å². The standard InChI is InChI=1S/C13H14Cl2N4/c14-10-4-3-8(6-11(10)15)12-17-13(19-18-12)9-2-1-5-16-7-9/h3-4,6,9,16H,1-2,5,7H2,(H,17,18,19). The van der Waals surface area contributed by atoms with Crippen molar-refractivity contribution in [3.8, 4) is 11.4 Å². The third-order valence-corrected chi connectivity index (χ3v) is 4.10. The van der Waals surface area contributed by atoms with Crippen molar-refractivity contribution in [2.45, 2.75) is 18.8 Å². The molecule has 0 saturated carbocycles. The van der Waals surface area contributed by atoms with Gasteiger partial charge in [-0.2, -0.15) is 5.10 Å². The molecule has 0 bridgehead atoms. The van der Waals surface area contributed by atoms with Crippen molar-refractivity contribution < 1.29 is 0 Å². The number of hydrogen-bond donors (Lipinski definition) is 2. The number of rotatable bonds is 2. The van der Waals surface area contributed by atoms with Gasteiger partial charge in [-0.3, -0.25) is 5.10 Å². The number of aromatic amines is 1. The molecule has 4 nitrogen and oxygen atoms in total. The van der Waals surface area contributed by atoms with Gasteiger partial charge < -0.3 is 5.32 Å². The van der Waals surface area contributed by atoms with Crippen LogP contribution in [-0.2, 0) is 0 Å². The summed E-state index contributed by atoms with van der Waals surface area (Å²) in [6, 6.07) is 5.42. The molecule has 0 aliphatic carbocycles. The van der Waals surface area contributed by atoms with E-state index < -0.39 is 0 Å². The Labute approximate surface area is 121 Å². The SMILES string of the molecule is Clc1ccc(-c2n[nH]c(C3CCCNC3)n2)cc1Cl. The molecule has 1 aliphatic heterocycles. The number of aromatic nitrogens is 3. The predicted molar refractivity (Wildman–Crippen MR) is 76.7 cm³/mol. The summed E-state index contributed by atoms with van der Waals surface area (Å²) >= 11 is 11.9. The van der Waals surface area contributed by atoms with Gasteiger partial charge in [0.2, 0.25) is 0 Å². The Hall–Kier alpha value is -1.10. The summed E-state index contributed by atoms with van der Waals surface area (Å²) in [4.78, 5) is 4.57. The van der Waals surface area contributed by atoms with Gasteiger partial charge in [-0.05, 0) is 37.6 Å². The maximum Gasteiger partial charge on any atom is 0.181 e. The zero-order valence-electron chi connectivity index (χ0n) is 10.3. The Morgan fingerprint density at radius 1 is 1.21 bits per heavy atom. The van der Waals surface area contributed by atoms with Crippen molar-refractivity contribution >= 4 is 23.2 Å². The van der Waals surface area contributed by atoms with Gasteiger partial charge >= 0.3 is 0 Å². The van der Waals surface area contributed by atoms with Crippen LogP contribution in [0.3, 0.4) is 0 Å². The Morgan fingerprint density at radius 3 is 2.84 bits per heavy atom.